The van der Waals surface area contributed by atoms with E-state index in [0.717, 1.165) is 31.2 Å². The Balaban J connectivity index is 2.05. The van der Waals surface area contributed by atoms with E-state index in [9.17, 15) is 4.79 Å². The van der Waals surface area contributed by atoms with Crippen LogP contribution in [0.3, 0.4) is 0 Å². The molecule has 0 bridgehead atoms. The zero-order chi connectivity index (χ0) is 13.6. The molecule has 0 heterocycles. The Morgan fingerprint density at radius 2 is 1.84 bits per heavy atom. The number of hydrogen-bond acceptors (Lipinski definition) is 3. The fourth-order valence-corrected chi connectivity index (χ4v) is 2.85. The molecule has 0 amide bonds. The second kappa shape index (κ2) is 6.83. The van der Waals surface area contributed by atoms with Crippen LogP contribution in [0.1, 0.15) is 48.9 Å². The lowest BCUT2D eigenvalue weighted by Crippen LogP contribution is -2.38. The first-order chi connectivity index (χ1) is 9.26. The molecule has 1 aliphatic rings. The Morgan fingerprint density at radius 3 is 2.47 bits per heavy atom. The summed E-state index contributed by atoms with van der Waals surface area (Å²) in [7, 11) is 0. The maximum Gasteiger partial charge on any atom is 0.165 e. The number of carbonyl (C=O) groups excluding carboxylic acids is 1. The van der Waals surface area contributed by atoms with E-state index < -0.39 is 0 Å². The van der Waals surface area contributed by atoms with Gasteiger partial charge in [-0.05, 0) is 12.8 Å². The average Bonchev–Trinajstić information content (AvgIpc) is 2.47. The van der Waals surface area contributed by atoms with Crippen molar-refractivity contribution in [3.05, 3.63) is 35.9 Å². The summed E-state index contributed by atoms with van der Waals surface area (Å²) in [5.41, 5.74) is 0.397. The third-order valence-corrected chi connectivity index (χ3v) is 3.84. The van der Waals surface area contributed by atoms with E-state index in [-0.39, 0.29) is 18.0 Å². The smallest absolute Gasteiger partial charge is 0.165 e. The molecule has 1 N–H and O–H groups in total. The fourth-order valence-electron chi connectivity index (χ4n) is 2.85. The molecular formula is C16H22O3. The summed E-state index contributed by atoms with van der Waals surface area (Å²) in [6, 6.07) is 9.38. The van der Waals surface area contributed by atoms with E-state index in [1.807, 2.05) is 30.3 Å². The van der Waals surface area contributed by atoms with Gasteiger partial charge in [-0.15, -0.1) is 0 Å². The Labute approximate surface area is 114 Å². The molecule has 0 unspecified atom stereocenters. The van der Waals surface area contributed by atoms with Crippen LogP contribution in [0.15, 0.2) is 30.3 Å². The third-order valence-electron chi connectivity index (χ3n) is 3.84. The molecule has 1 aromatic carbocycles. The second-order valence-electron chi connectivity index (χ2n) is 5.28. The number of Topliss-reactive ketones (excluding diaryl/α,β-unsaturated/α-hetero) is 1. The van der Waals surface area contributed by atoms with Gasteiger partial charge in [-0.2, -0.15) is 0 Å². The molecule has 1 saturated carbocycles. The highest BCUT2D eigenvalue weighted by Crippen LogP contribution is 2.35. The Bertz CT molecular complexity index is 394. The molecule has 19 heavy (non-hydrogen) atoms. The molecule has 104 valence electrons. The SMILES string of the molecule is O=C(CC1(OCCO)CCCCC1)c1ccccc1. The molecule has 1 fully saturated rings. The first-order valence-electron chi connectivity index (χ1n) is 7.09. The quantitative estimate of drug-likeness (QED) is 0.802. The Kier molecular flexibility index (Phi) is 5.11. The van der Waals surface area contributed by atoms with Crippen LogP contribution in [0, 0.1) is 0 Å². The summed E-state index contributed by atoms with van der Waals surface area (Å²) < 4.78 is 5.84. The van der Waals surface area contributed by atoms with Gasteiger partial charge in [-0.25, -0.2) is 0 Å². The van der Waals surface area contributed by atoms with E-state index in [0.29, 0.717) is 13.0 Å². The maximum atomic E-state index is 12.3. The highest BCUT2D eigenvalue weighted by molar-refractivity contribution is 5.96. The minimum absolute atomic E-state index is 0.0152. The van der Waals surface area contributed by atoms with Crippen LogP contribution in [0.4, 0.5) is 0 Å². The number of carbonyl (C=O) groups is 1. The van der Waals surface area contributed by atoms with Gasteiger partial charge in [0.15, 0.2) is 5.78 Å². The minimum atomic E-state index is -0.353. The van der Waals surface area contributed by atoms with Gasteiger partial charge < -0.3 is 9.84 Å². The van der Waals surface area contributed by atoms with Gasteiger partial charge in [0.25, 0.3) is 0 Å². The number of ketones is 1. The molecular weight excluding hydrogens is 240 g/mol. The highest BCUT2D eigenvalue weighted by atomic mass is 16.5. The van der Waals surface area contributed by atoms with Crippen molar-refractivity contribution in [1.82, 2.24) is 0 Å². The van der Waals surface area contributed by atoms with Gasteiger partial charge in [0.2, 0.25) is 0 Å². The van der Waals surface area contributed by atoms with Gasteiger partial charge in [0, 0.05) is 12.0 Å². The number of hydrogen-bond donors (Lipinski definition) is 1. The minimum Gasteiger partial charge on any atom is -0.394 e. The summed E-state index contributed by atoms with van der Waals surface area (Å²) in [5.74, 6) is 0.139. The molecule has 0 aliphatic heterocycles. The van der Waals surface area contributed by atoms with Crippen molar-refractivity contribution >= 4 is 5.78 Å². The molecule has 1 aromatic rings. The van der Waals surface area contributed by atoms with E-state index in [1.165, 1.54) is 6.42 Å². The van der Waals surface area contributed by atoms with E-state index >= 15 is 0 Å². The van der Waals surface area contributed by atoms with Crippen LogP contribution in [-0.4, -0.2) is 29.7 Å². The Morgan fingerprint density at radius 1 is 1.16 bits per heavy atom. The lowest BCUT2D eigenvalue weighted by molar-refractivity contribution is -0.0794. The van der Waals surface area contributed by atoms with E-state index in [4.69, 9.17) is 9.84 Å². The average molecular weight is 262 g/mol. The van der Waals surface area contributed by atoms with Crippen LogP contribution < -0.4 is 0 Å². The summed E-state index contributed by atoms with van der Waals surface area (Å²) in [6.07, 6.45) is 5.69. The summed E-state index contributed by atoms with van der Waals surface area (Å²) in [6.45, 7) is 0.337. The largest absolute Gasteiger partial charge is 0.394 e. The van der Waals surface area contributed by atoms with Gasteiger partial charge in [0.1, 0.15) is 0 Å². The normalized spacial score (nSPS) is 18.2. The first kappa shape index (κ1) is 14.2. The van der Waals surface area contributed by atoms with Gasteiger partial charge in [0.05, 0.1) is 18.8 Å². The lowest BCUT2D eigenvalue weighted by Gasteiger charge is -2.36. The number of benzene rings is 1. The van der Waals surface area contributed by atoms with Crippen molar-refractivity contribution in [3.63, 3.8) is 0 Å². The summed E-state index contributed by atoms with van der Waals surface area (Å²) in [4.78, 5) is 12.3. The van der Waals surface area contributed by atoms with Crippen molar-refractivity contribution in [2.45, 2.75) is 44.1 Å². The molecule has 0 saturated heterocycles. The standard InChI is InChI=1S/C16H22O3/c17-11-12-19-16(9-5-2-6-10-16)13-15(18)14-7-3-1-4-8-14/h1,3-4,7-8,17H,2,5-6,9-13H2. The monoisotopic (exact) mass is 262 g/mol. The topological polar surface area (TPSA) is 46.5 Å². The predicted octanol–water partition coefficient (Wildman–Crippen LogP) is 2.97. The van der Waals surface area contributed by atoms with E-state index in [2.05, 4.69) is 0 Å². The predicted molar refractivity (Wildman–Crippen MR) is 74.2 cm³/mol. The summed E-state index contributed by atoms with van der Waals surface area (Å²) in [5, 5.41) is 8.95. The molecule has 3 heteroatoms. The molecule has 0 spiro atoms. The van der Waals surface area contributed by atoms with Crippen molar-refractivity contribution in [3.8, 4) is 0 Å². The van der Waals surface area contributed by atoms with Crippen LogP contribution in [0.25, 0.3) is 0 Å². The third kappa shape index (κ3) is 3.88. The van der Waals surface area contributed by atoms with Crippen molar-refractivity contribution in [2.24, 2.45) is 0 Å². The summed E-state index contributed by atoms with van der Waals surface area (Å²) >= 11 is 0. The van der Waals surface area contributed by atoms with Crippen molar-refractivity contribution in [2.75, 3.05) is 13.2 Å². The lowest BCUT2D eigenvalue weighted by atomic mass is 9.80. The molecule has 0 aromatic heterocycles. The van der Waals surface area contributed by atoms with Crippen LogP contribution in [0.2, 0.25) is 0 Å². The number of aliphatic hydroxyl groups is 1. The van der Waals surface area contributed by atoms with Crippen molar-refractivity contribution < 1.29 is 14.6 Å². The maximum absolute atomic E-state index is 12.3. The van der Waals surface area contributed by atoms with Crippen molar-refractivity contribution in [1.29, 1.82) is 0 Å². The zero-order valence-corrected chi connectivity index (χ0v) is 11.3. The van der Waals surface area contributed by atoms with E-state index in [1.54, 1.807) is 0 Å². The van der Waals surface area contributed by atoms with Crippen LogP contribution in [-0.2, 0) is 4.74 Å². The fraction of sp³-hybridized carbons (Fsp3) is 0.562. The molecule has 3 nitrogen and oxygen atoms in total. The van der Waals surface area contributed by atoms with Gasteiger partial charge in [-0.3, -0.25) is 4.79 Å². The molecule has 2 rings (SSSR count). The van der Waals surface area contributed by atoms with Gasteiger partial charge in [-0.1, -0.05) is 49.6 Å². The molecule has 0 radical (unpaired) electrons. The van der Waals surface area contributed by atoms with Crippen LogP contribution >= 0.6 is 0 Å². The number of ether oxygens (including phenoxy) is 1. The first-order valence-corrected chi connectivity index (χ1v) is 7.09. The Hall–Kier alpha value is -1.19. The highest BCUT2D eigenvalue weighted by Gasteiger charge is 2.35. The number of aliphatic hydroxyl groups excluding tert-OH is 1. The second-order valence-corrected chi connectivity index (χ2v) is 5.28. The molecule has 1 aliphatic carbocycles. The van der Waals surface area contributed by atoms with Crippen LogP contribution in [0.5, 0.6) is 0 Å². The molecule has 0 atom stereocenters. The zero-order valence-electron chi connectivity index (χ0n) is 11.3. The van der Waals surface area contributed by atoms with Gasteiger partial charge >= 0.3 is 0 Å². The number of rotatable bonds is 6.